The summed E-state index contributed by atoms with van der Waals surface area (Å²) in [4.78, 5) is 14.3. The zero-order valence-corrected chi connectivity index (χ0v) is 15.1. The number of nitrogens with zero attached hydrogens (tertiary/aromatic N) is 1. The number of benzene rings is 1. The summed E-state index contributed by atoms with van der Waals surface area (Å²) in [5.74, 6) is 0.783. The van der Waals surface area contributed by atoms with Crippen LogP contribution >= 0.6 is 0 Å². The van der Waals surface area contributed by atoms with Crippen LogP contribution in [0, 0.1) is 12.8 Å². The van der Waals surface area contributed by atoms with E-state index < -0.39 is 6.10 Å². The minimum atomic E-state index is -0.530. The number of piperidine rings is 1. The van der Waals surface area contributed by atoms with Crippen LogP contribution in [0.5, 0.6) is 0 Å². The first-order valence-electron chi connectivity index (χ1n) is 8.96. The molecule has 1 heterocycles. The Morgan fingerprint density at radius 1 is 1.33 bits per heavy atom. The molecule has 2 unspecified atom stereocenters. The fourth-order valence-electron chi connectivity index (χ4n) is 3.22. The van der Waals surface area contributed by atoms with Crippen LogP contribution in [0.3, 0.4) is 0 Å². The van der Waals surface area contributed by atoms with Crippen molar-refractivity contribution < 1.29 is 9.90 Å². The lowest BCUT2D eigenvalue weighted by Crippen LogP contribution is -2.45. The molecule has 24 heavy (non-hydrogen) atoms. The number of carbonyl (C=O) groups is 1. The molecule has 1 fully saturated rings. The van der Waals surface area contributed by atoms with Crippen molar-refractivity contribution in [3.8, 4) is 0 Å². The number of aliphatic hydroxyl groups excluding tert-OH is 1. The SMILES string of the molecule is Cc1ccccc1C(C)NC(=O)NCC(O)CN1CCC(C)CC1. The number of likely N-dealkylation sites (tertiary alicyclic amines) is 1. The van der Waals surface area contributed by atoms with E-state index in [1.165, 1.54) is 12.8 Å². The van der Waals surface area contributed by atoms with Gasteiger partial charge < -0.3 is 20.6 Å². The number of rotatable bonds is 6. The Hall–Kier alpha value is -1.59. The van der Waals surface area contributed by atoms with Crippen molar-refractivity contribution in [2.45, 2.75) is 45.8 Å². The first kappa shape index (κ1) is 18.7. The molecule has 2 rings (SSSR count). The van der Waals surface area contributed by atoms with Gasteiger partial charge in [0.05, 0.1) is 12.1 Å². The quantitative estimate of drug-likeness (QED) is 0.749. The number of aliphatic hydroxyl groups is 1. The topological polar surface area (TPSA) is 64.6 Å². The summed E-state index contributed by atoms with van der Waals surface area (Å²) in [5.41, 5.74) is 2.26. The van der Waals surface area contributed by atoms with E-state index in [2.05, 4.69) is 22.5 Å². The van der Waals surface area contributed by atoms with Gasteiger partial charge in [-0.25, -0.2) is 4.79 Å². The molecule has 1 saturated heterocycles. The average Bonchev–Trinajstić information content (AvgIpc) is 2.55. The Labute approximate surface area is 145 Å². The van der Waals surface area contributed by atoms with E-state index >= 15 is 0 Å². The minimum Gasteiger partial charge on any atom is -0.390 e. The Morgan fingerprint density at radius 3 is 2.67 bits per heavy atom. The van der Waals surface area contributed by atoms with Crippen molar-refractivity contribution >= 4 is 6.03 Å². The van der Waals surface area contributed by atoms with Crippen LogP contribution < -0.4 is 10.6 Å². The van der Waals surface area contributed by atoms with E-state index in [-0.39, 0.29) is 18.6 Å². The second kappa shape index (κ2) is 9.04. The van der Waals surface area contributed by atoms with Crippen LogP contribution in [-0.2, 0) is 0 Å². The van der Waals surface area contributed by atoms with Gasteiger partial charge >= 0.3 is 6.03 Å². The Morgan fingerprint density at radius 2 is 2.00 bits per heavy atom. The average molecular weight is 333 g/mol. The predicted octanol–water partition coefficient (Wildman–Crippen LogP) is 2.45. The molecule has 5 nitrogen and oxygen atoms in total. The number of carbonyl (C=O) groups excluding carboxylic acids is 1. The molecule has 2 atom stereocenters. The maximum Gasteiger partial charge on any atom is 0.315 e. The van der Waals surface area contributed by atoms with Gasteiger partial charge in [0.15, 0.2) is 0 Å². The van der Waals surface area contributed by atoms with Crippen LogP contribution in [0.2, 0.25) is 0 Å². The Bertz CT molecular complexity index is 527. The first-order chi connectivity index (χ1) is 11.5. The van der Waals surface area contributed by atoms with E-state index in [0.29, 0.717) is 6.54 Å². The summed E-state index contributed by atoms with van der Waals surface area (Å²) in [7, 11) is 0. The number of amides is 2. The molecule has 3 N–H and O–H groups in total. The first-order valence-corrected chi connectivity index (χ1v) is 8.96. The van der Waals surface area contributed by atoms with Crippen molar-refractivity contribution in [3.63, 3.8) is 0 Å². The fourth-order valence-corrected chi connectivity index (χ4v) is 3.22. The van der Waals surface area contributed by atoms with Crippen molar-refractivity contribution in [2.75, 3.05) is 26.2 Å². The van der Waals surface area contributed by atoms with Crippen molar-refractivity contribution in [2.24, 2.45) is 5.92 Å². The number of aryl methyl sites for hydroxylation is 1. The van der Waals surface area contributed by atoms with E-state index in [4.69, 9.17) is 0 Å². The zero-order valence-electron chi connectivity index (χ0n) is 15.1. The standard InChI is InChI=1S/C19H31N3O2/c1-14-8-10-22(11-9-14)13-17(23)12-20-19(24)21-16(3)18-7-5-4-6-15(18)2/h4-7,14,16-17,23H,8-13H2,1-3H3,(H2,20,21,24). The van der Waals surface area contributed by atoms with Gasteiger partial charge in [0.1, 0.15) is 0 Å². The van der Waals surface area contributed by atoms with Gasteiger partial charge in [0, 0.05) is 13.1 Å². The van der Waals surface area contributed by atoms with Gasteiger partial charge in [0.25, 0.3) is 0 Å². The number of hydrogen-bond acceptors (Lipinski definition) is 3. The molecule has 1 aliphatic rings. The highest BCUT2D eigenvalue weighted by atomic mass is 16.3. The van der Waals surface area contributed by atoms with E-state index in [9.17, 15) is 9.90 Å². The normalized spacial score (nSPS) is 18.8. The van der Waals surface area contributed by atoms with Crippen molar-refractivity contribution in [1.82, 2.24) is 15.5 Å². The van der Waals surface area contributed by atoms with E-state index in [0.717, 1.165) is 30.1 Å². The summed E-state index contributed by atoms with van der Waals surface area (Å²) in [6, 6.07) is 7.72. The Kier molecular flexibility index (Phi) is 7.06. The highest BCUT2D eigenvalue weighted by Crippen LogP contribution is 2.17. The summed E-state index contributed by atoms with van der Waals surface area (Å²) in [6.45, 7) is 9.25. The number of urea groups is 1. The second-order valence-electron chi connectivity index (χ2n) is 7.07. The van der Waals surface area contributed by atoms with Gasteiger partial charge in [-0.1, -0.05) is 31.2 Å². The lowest BCUT2D eigenvalue weighted by molar-refractivity contribution is 0.0919. The molecule has 5 heteroatoms. The van der Waals surface area contributed by atoms with Crippen LogP contribution in [-0.4, -0.2) is 48.3 Å². The zero-order chi connectivity index (χ0) is 17.5. The highest BCUT2D eigenvalue weighted by molar-refractivity contribution is 5.74. The predicted molar refractivity (Wildman–Crippen MR) is 97.0 cm³/mol. The third kappa shape index (κ3) is 5.80. The van der Waals surface area contributed by atoms with E-state index in [1.807, 2.05) is 38.1 Å². The van der Waals surface area contributed by atoms with Crippen molar-refractivity contribution in [1.29, 1.82) is 0 Å². The molecular weight excluding hydrogens is 302 g/mol. The van der Waals surface area contributed by atoms with Gasteiger partial charge in [-0.15, -0.1) is 0 Å². The number of hydrogen-bond donors (Lipinski definition) is 3. The van der Waals surface area contributed by atoms with Crippen LogP contribution in [0.4, 0.5) is 4.79 Å². The second-order valence-corrected chi connectivity index (χ2v) is 7.07. The summed E-state index contributed by atoms with van der Waals surface area (Å²) in [5, 5.41) is 15.8. The smallest absolute Gasteiger partial charge is 0.315 e. The van der Waals surface area contributed by atoms with Crippen LogP contribution in [0.1, 0.15) is 43.9 Å². The van der Waals surface area contributed by atoms with Gasteiger partial charge in [0.2, 0.25) is 0 Å². The number of β-amino-alcohol motifs (C(OH)–C–C–N with tert-alkyl or cyclic N) is 1. The monoisotopic (exact) mass is 333 g/mol. The summed E-state index contributed by atoms with van der Waals surface area (Å²) in [6.07, 6.45) is 1.85. The number of nitrogens with one attached hydrogen (secondary N) is 2. The lowest BCUT2D eigenvalue weighted by atomic mass is 9.99. The maximum absolute atomic E-state index is 12.0. The third-order valence-corrected chi connectivity index (χ3v) is 4.85. The van der Waals surface area contributed by atoms with Crippen LogP contribution in [0.25, 0.3) is 0 Å². The molecule has 0 aliphatic carbocycles. The fraction of sp³-hybridized carbons (Fsp3) is 0.632. The summed E-state index contributed by atoms with van der Waals surface area (Å²) < 4.78 is 0. The van der Waals surface area contributed by atoms with Gasteiger partial charge in [-0.2, -0.15) is 0 Å². The van der Waals surface area contributed by atoms with Gasteiger partial charge in [-0.05, 0) is 56.8 Å². The highest BCUT2D eigenvalue weighted by Gasteiger charge is 2.19. The molecule has 134 valence electrons. The van der Waals surface area contributed by atoms with E-state index in [1.54, 1.807) is 0 Å². The molecule has 1 aromatic rings. The molecule has 1 aliphatic heterocycles. The molecule has 1 aromatic carbocycles. The molecule has 0 bridgehead atoms. The minimum absolute atomic E-state index is 0.0630. The molecule has 0 aromatic heterocycles. The molecule has 0 radical (unpaired) electrons. The third-order valence-electron chi connectivity index (χ3n) is 4.85. The summed E-state index contributed by atoms with van der Waals surface area (Å²) >= 11 is 0. The largest absolute Gasteiger partial charge is 0.390 e. The maximum atomic E-state index is 12.0. The lowest BCUT2D eigenvalue weighted by Gasteiger charge is -2.31. The molecule has 2 amide bonds. The molecule has 0 saturated carbocycles. The van der Waals surface area contributed by atoms with Crippen LogP contribution in [0.15, 0.2) is 24.3 Å². The Balaban J connectivity index is 1.69. The van der Waals surface area contributed by atoms with Gasteiger partial charge in [-0.3, -0.25) is 0 Å². The van der Waals surface area contributed by atoms with Crippen molar-refractivity contribution in [3.05, 3.63) is 35.4 Å². The molecular formula is C19H31N3O2. The molecule has 0 spiro atoms.